The highest BCUT2D eigenvalue weighted by atomic mass is 19.1. The van der Waals surface area contributed by atoms with Crippen molar-refractivity contribution in [2.45, 2.75) is 153 Å². The van der Waals surface area contributed by atoms with Crippen molar-refractivity contribution in [2.75, 3.05) is 92.1 Å². The molecule has 2 unspecified atom stereocenters. The molecule has 0 radical (unpaired) electrons. The minimum atomic E-state index is -0.512. The van der Waals surface area contributed by atoms with Crippen LogP contribution in [0.3, 0.4) is 0 Å². The van der Waals surface area contributed by atoms with Gasteiger partial charge in [-0.3, -0.25) is 25.2 Å². The Kier molecular flexibility index (Phi) is 28.7. The fourth-order valence-electron chi connectivity index (χ4n) is 22.5. The largest absolute Gasteiger partial charge is 0.445 e. The predicted molar refractivity (Wildman–Crippen MR) is 538 cm³/mol. The molecule has 17 aromatic rings. The number of nitrogens with one attached hydrogen (secondary N) is 6. The topological polar surface area (TPSA) is 331 Å². The van der Waals surface area contributed by atoms with Gasteiger partial charge in [-0.2, -0.15) is 20.4 Å². The first-order valence-corrected chi connectivity index (χ1v) is 49.6. The van der Waals surface area contributed by atoms with Gasteiger partial charge in [0, 0.05) is 211 Å². The van der Waals surface area contributed by atoms with Gasteiger partial charge in [-0.05, 0) is 301 Å². The number of fused-ring (bicyclic) bond motifs is 8. The second kappa shape index (κ2) is 42.9. The van der Waals surface area contributed by atoms with Gasteiger partial charge < -0.3 is 73.9 Å². The number of aromatic amines is 4. The average molecular weight is 1910 g/mol. The summed E-state index contributed by atoms with van der Waals surface area (Å²) in [6.45, 7) is 11.6. The van der Waals surface area contributed by atoms with E-state index in [0.29, 0.717) is 68.2 Å². The number of rotatable bonds is 22. The number of likely N-dealkylation sites (tertiary alicyclic amines) is 2. The molecule has 0 aliphatic carbocycles. The SMILES string of the molecule is CC(=O)NCCCc1c(C2CCOCC2)n(-c2ccc(F)cc2)c2cc3cn[nH]c3cc12.NC(=O)N1CCCC(Cc2c(C3CCOCC3)n(-c3ccc(F)cc3)c3cc4cn[nH]c4cc23)C1.NC(=O)NCCCc1c(C2CCOCC2)n(-c2ccc(F)cc2)c2cc3cn[nH]c3cc12.O=C(OCc1ccccc1)N1CCCC(Cc2c(C3CCOCC3)n(-c3ccc(F)cc3)c3cc4cn[nH]c4cc23)C1. The molecule has 6 saturated heterocycles. The number of nitrogens with two attached hydrogens (primary N) is 2. The molecule has 6 fully saturated rings. The van der Waals surface area contributed by atoms with E-state index in [-0.39, 0.29) is 47.9 Å². The molecule has 0 saturated carbocycles. The maximum Gasteiger partial charge on any atom is 0.410 e. The highest BCUT2D eigenvalue weighted by molar-refractivity contribution is 6.02. The van der Waals surface area contributed by atoms with Crippen LogP contribution in [0.1, 0.15) is 171 Å². The lowest BCUT2D eigenvalue weighted by Crippen LogP contribution is -2.43. The number of carbonyl (C=O) groups excluding carboxylic acids is 4. The fourth-order valence-corrected chi connectivity index (χ4v) is 22.5. The van der Waals surface area contributed by atoms with E-state index in [9.17, 15) is 36.7 Å². The molecule has 0 bridgehead atoms. The Hall–Kier alpha value is -14.1. The summed E-state index contributed by atoms with van der Waals surface area (Å²) in [5.74, 6) is 0.963. The number of hydrogen-bond donors (Lipinski definition) is 8. The Morgan fingerprint density at radius 1 is 0.397 bits per heavy atom. The summed E-state index contributed by atoms with van der Waals surface area (Å²) in [6.07, 6.45) is 23.6. The third-order valence-corrected chi connectivity index (χ3v) is 29.1. The van der Waals surface area contributed by atoms with E-state index in [1.807, 2.05) is 109 Å². The molecule has 0 spiro atoms. The number of hydrogen-bond acceptors (Lipinski definition) is 13. The number of aromatic nitrogens is 12. The molecule has 8 aromatic heterocycles. The third kappa shape index (κ3) is 20.8. The third-order valence-electron chi connectivity index (χ3n) is 29.1. The molecule has 2 atom stereocenters. The molecular weight excluding hydrogens is 1790 g/mol. The Morgan fingerprint density at radius 2 is 0.709 bits per heavy atom. The first-order valence-electron chi connectivity index (χ1n) is 49.6. The fraction of sp³-hybridized carbons (Fsp3) is 0.364. The Bertz CT molecular complexity index is 7090. The summed E-state index contributed by atoms with van der Waals surface area (Å²) in [6, 6.07) is 53.3. The van der Waals surface area contributed by atoms with E-state index in [1.54, 1.807) is 11.8 Å². The second-order valence-corrected chi connectivity index (χ2v) is 38.2. The number of H-pyrrole nitrogens is 4. The van der Waals surface area contributed by atoms with Crippen molar-refractivity contribution < 1.29 is 60.4 Å². The van der Waals surface area contributed by atoms with Crippen LogP contribution in [0.2, 0.25) is 0 Å². The van der Waals surface area contributed by atoms with Gasteiger partial charge in [-0.15, -0.1) is 0 Å². The number of primary amides is 2. The van der Waals surface area contributed by atoms with Crippen molar-refractivity contribution in [3.05, 3.63) is 275 Å². The van der Waals surface area contributed by atoms with Gasteiger partial charge in [-0.25, -0.2) is 31.9 Å². The van der Waals surface area contributed by atoms with Crippen LogP contribution in [0, 0.1) is 35.1 Å². The number of aryl methyl sites for hydroxylation is 2. The van der Waals surface area contributed by atoms with Crippen LogP contribution in [-0.4, -0.2) is 185 Å². The lowest BCUT2D eigenvalue weighted by atomic mass is 9.86. The number of ether oxygens (including phenoxy) is 5. The Balaban J connectivity index is 0.000000116. The van der Waals surface area contributed by atoms with Crippen molar-refractivity contribution in [3.8, 4) is 22.7 Å². The molecule has 141 heavy (non-hydrogen) atoms. The normalized spacial score (nSPS) is 17.0. The Labute approximate surface area is 812 Å². The lowest BCUT2D eigenvalue weighted by molar-refractivity contribution is -0.118. The number of amides is 6. The number of piperidine rings is 2. The summed E-state index contributed by atoms with van der Waals surface area (Å²) < 4.78 is 93.0. The van der Waals surface area contributed by atoms with Crippen LogP contribution in [0.5, 0.6) is 0 Å². The van der Waals surface area contributed by atoms with Crippen molar-refractivity contribution in [2.24, 2.45) is 23.3 Å². The lowest BCUT2D eigenvalue weighted by Gasteiger charge is -2.33. The molecule has 14 heterocycles. The summed E-state index contributed by atoms with van der Waals surface area (Å²) in [7, 11) is 0. The number of halogens is 4. The maximum absolute atomic E-state index is 14.0. The summed E-state index contributed by atoms with van der Waals surface area (Å²) in [5, 5.41) is 43.8. The van der Waals surface area contributed by atoms with Gasteiger partial charge in [0.25, 0.3) is 0 Å². The van der Waals surface area contributed by atoms with E-state index in [0.717, 1.165) is 274 Å². The number of urea groups is 2. The molecular formula is C110H118F4N18O9. The van der Waals surface area contributed by atoms with Crippen LogP contribution in [-0.2, 0) is 60.8 Å². The standard InChI is InChI=1S/C34H35FN4O3.C27H30FN5O2.C25H27FN4O2.C24H26FN5O2/c35-27-8-10-28(11-9-27)39-32-18-26-20-36-37-31(26)19-29(32)30(33(39)25-12-15-41-16-13-25)17-24-7-4-14-38(21-24)34(40)42-22-23-5-2-1-3-6-23;28-20-3-5-21(6-4-20)33-25-13-19-15-30-31-24(19)14-22(25)23(26(33)18-7-10-35-11-8-18)12-17-2-1-9-32(16-17)27(29)34;1-16(31)27-10-2-3-21-22-14-23-18(15-28-29-23)13-24(22)30(20-6-4-19(26)5-7-20)25(21)17-8-11-32-12-9-17;25-17-3-5-18(6-4-17)30-22-12-16-14-28-29-21(16)13-20(22)19(2-1-9-27-24(26)31)23(30)15-7-10-32-11-8-15/h1-3,5-6,8-11,18-20,24-25H,4,7,12-17,21-22H2,(H,36,37);3-6,13-15,17-18H,1-2,7-12,16H2,(H2,29,34)(H,30,31);4-7,13-15,17H,2-3,8-12H2,1H3,(H,27,31)(H,28,29);3-6,12-15H,1-2,7-11H2,(H,28,29)(H3,26,27,31). The van der Waals surface area contributed by atoms with Crippen LogP contribution in [0.25, 0.3) is 110 Å². The van der Waals surface area contributed by atoms with Crippen LogP contribution in [0.4, 0.5) is 31.9 Å². The van der Waals surface area contributed by atoms with Crippen molar-refractivity contribution >= 4 is 111 Å². The van der Waals surface area contributed by atoms with Gasteiger partial charge in [0.2, 0.25) is 5.91 Å². The highest BCUT2D eigenvalue weighted by Crippen LogP contribution is 2.48. The van der Waals surface area contributed by atoms with E-state index < -0.39 is 6.03 Å². The molecule has 31 heteroatoms. The number of benzene rings is 9. The smallest absolute Gasteiger partial charge is 0.410 e. The minimum Gasteiger partial charge on any atom is -0.445 e. The number of nitrogens with zero attached hydrogens (tertiary/aromatic N) is 10. The molecule has 23 rings (SSSR count). The first kappa shape index (κ1) is 94.5. The maximum atomic E-state index is 14.0. The molecule has 27 nitrogen and oxygen atoms in total. The monoisotopic (exact) mass is 1910 g/mol. The summed E-state index contributed by atoms with van der Waals surface area (Å²) in [5.41, 5.74) is 34.2. The number of carbonyl (C=O) groups is 4. The van der Waals surface area contributed by atoms with Crippen molar-refractivity contribution in [1.82, 2.24) is 79.5 Å². The van der Waals surface area contributed by atoms with Crippen molar-refractivity contribution in [1.29, 1.82) is 0 Å². The van der Waals surface area contributed by atoms with Gasteiger partial charge in [-0.1, -0.05) is 30.3 Å². The Morgan fingerprint density at radius 3 is 1.04 bits per heavy atom. The summed E-state index contributed by atoms with van der Waals surface area (Å²) in [4.78, 5) is 51.1. The average Bonchev–Trinajstić information content (AvgIpc) is 1.61. The van der Waals surface area contributed by atoms with E-state index >= 15 is 0 Å². The molecule has 6 aliphatic rings. The zero-order valence-corrected chi connectivity index (χ0v) is 79.2. The van der Waals surface area contributed by atoms with Crippen LogP contribution in [0.15, 0.2) is 201 Å². The molecule has 9 aromatic carbocycles. The van der Waals surface area contributed by atoms with Gasteiger partial charge in [0.05, 0.1) is 68.9 Å². The molecule has 10 N–H and O–H groups in total. The van der Waals surface area contributed by atoms with E-state index in [4.69, 9.17) is 35.2 Å². The second-order valence-electron chi connectivity index (χ2n) is 38.2. The molecule has 6 aliphatic heterocycles. The molecule has 6 amide bonds. The predicted octanol–water partition coefficient (Wildman–Crippen LogP) is 20.8. The quantitative estimate of drug-likeness (QED) is 0.0231. The van der Waals surface area contributed by atoms with Gasteiger partial charge in [0.15, 0.2) is 0 Å². The van der Waals surface area contributed by atoms with Crippen LogP contribution >= 0.6 is 0 Å². The van der Waals surface area contributed by atoms with E-state index in [2.05, 4.69) is 118 Å². The van der Waals surface area contributed by atoms with E-state index in [1.165, 1.54) is 110 Å². The minimum absolute atomic E-state index is 0.0115. The zero-order valence-electron chi connectivity index (χ0n) is 79.2. The van der Waals surface area contributed by atoms with Crippen LogP contribution < -0.4 is 22.1 Å². The summed E-state index contributed by atoms with van der Waals surface area (Å²) >= 11 is 0. The van der Waals surface area contributed by atoms with Crippen molar-refractivity contribution in [3.63, 3.8) is 0 Å². The zero-order chi connectivity index (χ0) is 96.6. The van der Waals surface area contributed by atoms with Gasteiger partial charge >= 0.3 is 18.2 Å². The first-order chi connectivity index (χ1) is 68.9. The van der Waals surface area contributed by atoms with Gasteiger partial charge in [0.1, 0.15) is 29.9 Å². The highest BCUT2D eigenvalue weighted by Gasteiger charge is 2.37. The molecule has 730 valence electrons.